The van der Waals surface area contributed by atoms with Gasteiger partial charge in [0.05, 0.1) is 14.2 Å². The minimum absolute atomic E-state index is 0.0781. The van der Waals surface area contributed by atoms with Crippen LogP contribution in [0.25, 0.3) is 0 Å². The van der Waals surface area contributed by atoms with E-state index >= 15 is 0 Å². The second-order valence-corrected chi connectivity index (χ2v) is 8.07. The molecule has 130 valence electrons. The molecule has 4 aliphatic carbocycles. The molecular weight excluding hydrogens is 302 g/mol. The Hall–Kier alpha value is -1.71. The number of carbonyl (C=O) groups is 1. The molecular formula is C20H27NO3. The molecule has 0 saturated heterocycles. The Morgan fingerprint density at radius 2 is 1.62 bits per heavy atom. The third-order valence-electron chi connectivity index (χ3n) is 6.42. The smallest absolute Gasteiger partial charge is 0.226 e. The Balaban J connectivity index is 1.44. The molecule has 4 bridgehead atoms. The fourth-order valence-corrected chi connectivity index (χ4v) is 5.75. The molecule has 5 rings (SSSR count). The maximum atomic E-state index is 13.0. The first-order valence-electron chi connectivity index (χ1n) is 9.11. The minimum atomic E-state index is -0.0781. The summed E-state index contributed by atoms with van der Waals surface area (Å²) in [5.41, 5.74) is 0.969. The van der Waals surface area contributed by atoms with Crippen LogP contribution in [-0.2, 0) is 11.3 Å². The molecule has 1 aromatic rings. The monoisotopic (exact) mass is 329 g/mol. The van der Waals surface area contributed by atoms with Crippen molar-refractivity contribution in [2.75, 3.05) is 14.2 Å². The Kier molecular flexibility index (Phi) is 3.93. The zero-order valence-electron chi connectivity index (χ0n) is 14.6. The highest BCUT2D eigenvalue weighted by molar-refractivity contribution is 5.83. The summed E-state index contributed by atoms with van der Waals surface area (Å²) in [7, 11) is 3.27. The van der Waals surface area contributed by atoms with Gasteiger partial charge in [-0.05, 0) is 74.0 Å². The predicted molar refractivity (Wildman–Crippen MR) is 92.0 cm³/mol. The van der Waals surface area contributed by atoms with Gasteiger partial charge in [0.2, 0.25) is 5.91 Å². The second-order valence-electron chi connectivity index (χ2n) is 8.07. The molecule has 0 atom stereocenters. The first-order chi connectivity index (χ1) is 11.6. The van der Waals surface area contributed by atoms with E-state index in [9.17, 15) is 4.79 Å². The first-order valence-corrected chi connectivity index (χ1v) is 9.11. The number of hydrogen-bond donors (Lipinski definition) is 1. The van der Waals surface area contributed by atoms with Crippen LogP contribution in [0.2, 0.25) is 0 Å². The van der Waals surface area contributed by atoms with Gasteiger partial charge in [-0.25, -0.2) is 0 Å². The molecule has 0 heterocycles. The normalized spacial score (nSPS) is 33.3. The molecule has 4 heteroatoms. The number of benzene rings is 1. The Morgan fingerprint density at radius 3 is 2.17 bits per heavy atom. The van der Waals surface area contributed by atoms with Crippen LogP contribution in [0.1, 0.15) is 44.1 Å². The standard InChI is InChI=1S/C20H27NO3/c1-23-17-4-3-13(8-18(17)24-2)12-21-19(22)20-9-14-5-15(10-20)7-16(6-14)11-20/h3-4,8,14-16H,5-7,9-12H2,1-2H3,(H,21,22). The number of ether oxygens (including phenoxy) is 2. The summed E-state index contributed by atoms with van der Waals surface area (Å²) in [6.45, 7) is 0.556. The third kappa shape index (κ3) is 2.66. The Bertz CT molecular complexity index is 604. The highest BCUT2D eigenvalue weighted by Gasteiger charge is 2.54. The number of methoxy groups -OCH3 is 2. The number of carbonyl (C=O) groups excluding carboxylic acids is 1. The predicted octanol–water partition coefficient (Wildman–Crippen LogP) is 3.54. The zero-order valence-corrected chi connectivity index (χ0v) is 14.6. The Morgan fingerprint density at radius 1 is 1.04 bits per heavy atom. The maximum absolute atomic E-state index is 13.0. The average Bonchev–Trinajstić information content (AvgIpc) is 2.58. The van der Waals surface area contributed by atoms with Crippen LogP contribution in [0.5, 0.6) is 11.5 Å². The van der Waals surface area contributed by atoms with Crippen molar-refractivity contribution >= 4 is 5.91 Å². The van der Waals surface area contributed by atoms with Crippen LogP contribution in [0.3, 0.4) is 0 Å². The van der Waals surface area contributed by atoms with Gasteiger partial charge >= 0.3 is 0 Å². The summed E-state index contributed by atoms with van der Waals surface area (Å²) in [5, 5.41) is 3.21. The van der Waals surface area contributed by atoms with Crippen molar-refractivity contribution in [2.45, 2.75) is 45.1 Å². The van der Waals surface area contributed by atoms with Crippen LogP contribution in [0.4, 0.5) is 0 Å². The molecule has 4 fully saturated rings. The van der Waals surface area contributed by atoms with E-state index in [1.54, 1.807) is 14.2 Å². The summed E-state index contributed by atoms with van der Waals surface area (Å²) in [6.07, 6.45) is 7.41. The molecule has 0 spiro atoms. The third-order valence-corrected chi connectivity index (χ3v) is 6.42. The summed E-state index contributed by atoms with van der Waals surface area (Å²) in [4.78, 5) is 13.0. The number of rotatable bonds is 5. The van der Waals surface area contributed by atoms with Crippen molar-refractivity contribution in [3.05, 3.63) is 23.8 Å². The van der Waals surface area contributed by atoms with Crippen LogP contribution in [-0.4, -0.2) is 20.1 Å². The lowest BCUT2D eigenvalue weighted by molar-refractivity contribution is -0.146. The lowest BCUT2D eigenvalue weighted by atomic mass is 9.49. The van der Waals surface area contributed by atoms with Crippen LogP contribution < -0.4 is 14.8 Å². The van der Waals surface area contributed by atoms with E-state index in [4.69, 9.17) is 9.47 Å². The first kappa shape index (κ1) is 15.8. The molecule has 0 unspecified atom stereocenters. The van der Waals surface area contributed by atoms with Crippen LogP contribution >= 0.6 is 0 Å². The molecule has 4 saturated carbocycles. The van der Waals surface area contributed by atoms with Gasteiger partial charge in [0.15, 0.2) is 11.5 Å². The van der Waals surface area contributed by atoms with Crippen molar-refractivity contribution in [1.29, 1.82) is 0 Å². The summed E-state index contributed by atoms with van der Waals surface area (Å²) < 4.78 is 10.6. The Labute approximate surface area is 143 Å². The number of nitrogens with one attached hydrogen (secondary N) is 1. The van der Waals surface area contributed by atoms with Gasteiger partial charge in [0, 0.05) is 12.0 Å². The van der Waals surface area contributed by atoms with Gasteiger partial charge < -0.3 is 14.8 Å². The number of amides is 1. The number of hydrogen-bond acceptors (Lipinski definition) is 3. The zero-order chi connectivity index (χ0) is 16.7. The van der Waals surface area contributed by atoms with E-state index in [1.165, 1.54) is 19.3 Å². The molecule has 1 aromatic carbocycles. The van der Waals surface area contributed by atoms with Crippen LogP contribution in [0, 0.1) is 23.2 Å². The summed E-state index contributed by atoms with van der Waals surface area (Å²) in [5.74, 6) is 4.08. The highest BCUT2D eigenvalue weighted by Crippen LogP contribution is 2.60. The van der Waals surface area contributed by atoms with Gasteiger partial charge in [-0.15, -0.1) is 0 Å². The molecule has 4 aliphatic rings. The van der Waals surface area contributed by atoms with Crippen molar-refractivity contribution in [3.63, 3.8) is 0 Å². The molecule has 0 aliphatic heterocycles. The van der Waals surface area contributed by atoms with E-state index in [0.29, 0.717) is 18.0 Å². The van der Waals surface area contributed by atoms with E-state index in [0.717, 1.165) is 42.6 Å². The fourth-order valence-electron chi connectivity index (χ4n) is 5.75. The SMILES string of the molecule is COc1ccc(CNC(=O)C23CC4CC(CC(C4)C2)C3)cc1OC. The quantitative estimate of drug-likeness (QED) is 0.899. The van der Waals surface area contributed by atoms with Gasteiger partial charge in [-0.3, -0.25) is 4.79 Å². The highest BCUT2D eigenvalue weighted by atomic mass is 16.5. The summed E-state index contributed by atoms with van der Waals surface area (Å²) in [6, 6.07) is 5.82. The van der Waals surface area contributed by atoms with Crippen molar-refractivity contribution < 1.29 is 14.3 Å². The van der Waals surface area contributed by atoms with E-state index in [2.05, 4.69) is 5.32 Å². The summed E-state index contributed by atoms with van der Waals surface area (Å²) >= 11 is 0. The van der Waals surface area contributed by atoms with Gasteiger partial charge in [-0.1, -0.05) is 6.07 Å². The molecule has 4 nitrogen and oxygen atoms in total. The van der Waals surface area contributed by atoms with Crippen molar-refractivity contribution in [3.8, 4) is 11.5 Å². The molecule has 0 radical (unpaired) electrons. The van der Waals surface area contributed by atoms with E-state index < -0.39 is 0 Å². The lowest BCUT2D eigenvalue weighted by Gasteiger charge is -2.55. The fraction of sp³-hybridized carbons (Fsp3) is 0.650. The largest absolute Gasteiger partial charge is 0.493 e. The molecule has 1 N–H and O–H groups in total. The van der Waals surface area contributed by atoms with Gasteiger partial charge in [0.1, 0.15) is 0 Å². The van der Waals surface area contributed by atoms with Crippen molar-refractivity contribution in [1.82, 2.24) is 5.32 Å². The van der Waals surface area contributed by atoms with Crippen molar-refractivity contribution in [2.24, 2.45) is 23.2 Å². The van der Waals surface area contributed by atoms with E-state index in [1.807, 2.05) is 18.2 Å². The van der Waals surface area contributed by atoms with Gasteiger partial charge in [0.25, 0.3) is 0 Å². The molecule has 1 amide bonds. The lowest BCUT2D eigenvalue weighted by Crippen LogP contribution is -2.53. The molecule has 0 aromatic heterocycles. The van der Waals surface area contributed by atoms with Crippen LogP contribution in [0.15, 0.2) is 18.2 Å². The van der Waals surface area contributed by atoms with E-state index in [-0.39, 0.29) is 11.3 Å². The average molecular weight is 329 g/mol. The van der Waals surface area contributed by atoms with Gasteiger partial charge in [-0.2, -0.15) is 0 Å². The minimum Gasteiger partial charge on any atom is -0.493 e. The molecule has 24 heavy (non-hydrogen) atoms. The second kappa shape index (κ2) is 5.98. The topological polar surface area (TPSA) is 47.6 Å². The maximum Gasteiger partial charge on any atom is 0.226 e.